The average Bonchev–Trinajstić information content (AvgIpc) is 3.37. The topological polar surface area (TPSA) is 83.2 Å². The number of hydrogen-bond donors (Lipinski definition) is 2. The Morgan fingerprint density at radius 2 is 2.03 bits per heavy atom. The van der Waals surface area contributed by atoms with E-state index >= 15 is 0 Å². The second-order valence-corrected chi connectivity index (χ2v) is 7.92. The number of nitrogens with one attached hydrogen (secondary N) is 2. The molecule has 0 atom stereocenters. The van der Waals surface area contributed by atoms with E-state index in [0.717, 1.165) is 67.0 Å². The van der Waals surface area contributed by atoms with Crippen molar-refractivity contribution in [3.63, 3.8) is 0 Å². The van der Waals surface area contributed by atoms with E-state index in [4.69, 9.17) is 9.47 Å². The second kappa shape index (κ2) is 7.98. The summed E-state index contributed by atoms with van der Waals surface area (Å²) in [5, 5.41) is 4.84. The molecule has 0 unspecified atom stereocenters. The molecule has 3 aromatic heterocycles. The third kappa shape index (κ3) is 3.91. The van der Waals surface area contributed by atoms with Crippen LogP contribution in [0.25, 0.3) is 33.3 Å². The molecule has 8 heteroatoms. The van der Waals surface area contributed by atoms with E-state index in [-0.39, 0.29) is 5.56 Å². The number of rotatable bonds is 6. The molecule has 0 saturated carbocycles. The summed E-state index contributed by atoms with van der Waals surface area (Å²) in [5.74, 6) is 0.822. The van der Waals surface area contributed by atoms with Crippen LogP contribution in [0.5, 0.6) is 5.75 Å². The monoisotopic (exact) mass is 410 g/mol. The van der Waals surface area contributed by atoms with Gasteiger partial charge in [-0.3, -0.25) is 9.69 Å². The van der Waals surface area contributed by atoms with Crippen LogP contribution in [0.2, 0.25) is 0 Å². The van der Waals surface area contributed by atoms with Gasteiger partial charge in [0.25, 0.3) is 5.56 Å². The molecule has 0 aliphatic carbocycles. The van der Waals surface area contributed by atoms with E-state index in [1.54, 1.807) is 0 Å². The van der Waals surface area contributed by atoms with Gasteiger partial charge in [-0.25, -0.2) is 4.98 Å². The summed E-state index contributed by atoms with van der Waals surface area (Å²) < 4.78 is 11.3. The summed E-state index contributed by atoms with van der Waals surface area (Å²) in [6, 6.07) is 7.90. The van der Waals surface area contributed by atoms with Gasteiger partial charge in [-0.1, -0.05) is 0 Å². The standard InChI is InChI=1S/C21H22N4O3S/c26-21-20(23-18-12-29-13-19(18)24-21)17-10-14-2-3-15(11-16(14)22-17)28-7-1-4-25-5-8-27-9-6-25/h2-3,10-13,22H,1,4-9H2,(H,24,26). The molecule has 4 aromatic rings. The van der Waals surface area contributed by atoms with Crippen LogP contribution in [0.3, 0.4) is 0 Å². The van der Waals surface area contributed by atoms with Gasteiger partial charge in [-0.15, -0.1) is 11.3 Å². The first-order valence-electron chi connectivity index (χ1n) is 9.78. The van der Waals surface area contributed by atoms with E-state index < -0.39 is 0 Å². The smallest absolute Gasteiger partial charge is 0.276 e. The molecule has 2 N–H and O–H groups in total. The molecule has 1 aliphatic rings. The van der Waals surface area contributed by atoms with Crippen molar-refractivity contribution in [3.05, 3.63) is 45.4 Å². The number of benzene rings is 1. The summed E-state index contributed by atoms with van der Waals surface area (Å²) in [5.41, 5.74) is 3.42. The quantitative estimate of drug-likeness (QED) is 0.477. The first-order valence-corrected chi connectivity index (χ1v) is 10.7. The molecule has 0 radical (unpaired) electrons. The molecule has 0 spiro atoms. The second-order valence-electron chi connectivity index (χ2n) is 7.17. The van der Waals surface area contributed by atoms with Crippen LogP contribution in [0, 0.1) is 0 Å². The molecule has 0 bridgehead atoms. The first kappa shape index (κ1) is 18.4. The molecular weight excluding hydrogens is 388 g/mol. The average molecular weight is 410 g/mol. The highest BCUT2D eigenvalue weighted by Gasteiger charge is 2.12. The lowest BCUT2D eigenvalue weighted by molar-refractivity contribution is 0.0358. The van der Waals surface area contributed by atoms with Crippen LogP contribution in [-0.4, -0.2) is 59.3 Å². The van der Waals surface area contributed by atoms with Crippen LogP contribution >= 0.6 is 11.3 Å². The molecule has 1 fully saturated rings. The summed E-state index contributed by atoms with van der Waals surface area (Å²) in [7, 11) is 0. The van der Waals surface area contributed by atoms with Crippen LogP contribution in [-0.2, 0) is 4.74 Å². The Morgan fingerprint density at radius 3 is 2.93 bits per heavy atom. The normalized spacial score (nSPS) is 15.3. The van der Waals surface area contributed by atoms with E-state index in [9.17, 15) is 4.79 Å². The number of aromatic nitrogens is 3. The predicted molar refractivity (Wildman–Crippen MR) is 115 cm³/mol. The van der Waals surface area contributed by atoms with E-state index in [2.05, 4.69) is 19.9 Å². The van der Waals surface area contributed by atoms with Crippen molar-refractivity contribution in [2.24, 2.45) is 0 Å². The molecule has 7 nitrogen and oxygen atoms in total. The lowest BCUT2D eigenvalue weighted by atomic mass is 10.2. The molecular formula is C21H22N4O3S. The van der Waals surface area contributed by atoms with Gasteiger partial charge in [0, 0.05) is 47.4 Å². The minimum absolute atomic E-state index is 0.193. The molecule has 150 valence electrons. The molecule has 5 rings (SSSR count). The summed E-state index contributed by atoms with van der Waals surface area (Å²) in [6.07, 6.45) is 0.980. The molecule has 1 saturated heterocycles. The van der Waals surface area contributed by atoms with E-state index in [1.165, 1.54) is 11.3 Å². The van der Waals surface area contributed by atoms with Crippen molar-refractivity contribution in [2.45, 2.75) is 6.42 Å². The number of ether oxygens (including phenoxy) is 2. The third-order valence-corrected chi connectivity index (χ3v) is 5.91. The van der Waals surface area contributed by atoms with Crippen LogP contribution < -0.4 is 10.3 Å². The predicted octanol–water partition coefficient (Wildman–Crippen LogP) is 3.23. The van der Waals surface area contributed by atoms with Crippen LogP contribution in [0.15, 0.2) is 39.8 Å². The van der Waals surface area contributed by atoms with Crippen molar-refractivity contribution >= 4 is 33.3 Å². The highest BCUT2D eigenvalue weighted by atomic mass is 32.1. The van der Waals surface area contributed by atoms with Crippen LogP contribution in [0.4, 0.5) is 0 Å². The van der Waals surface area contributed by atoms with E-state index in [0.29, 0.717) is 18.0 Å². The Bertz CT molecular complexity index is 1190. The fraction of sp³-hybridized carbons (Fsp3) is 0.333. The number of aromatic amines is 2. The van der Waals surface area contributed by atoms with Gasteiger partial charge in [0.05, 0.1) is 36.5 Å². The number of morpholine rings is 1. The van der Waals surface area contributed by atoms with Gasteiger partial charge in [0.2, 0.25) is 0 Å². The first-order chi connectivity index (χ1) is 14.3. The van der Waals surface area contributed by atoms with Crippen molar-refractivity contribution < 1.29 is 9.47 Å². The summed E-state index contributed by atoms with van der Waals surface area (Å²) in [6.45, 7) is 5.35. The zero-order valence-corrected chi connectivity index (χ0v) is 16.8. The molecule has 0 amide bonds. The summed E-state index contributed by atoms with van der Waals surface area (Å²) >= 11 is 1.52. The lowest BCUT2D eigenvalue weighted by Crippen LogP contribution is -2.37. The Kier molecular flexibility index (Phi) is 5.05. The fourth-order valence-corrected chi connectivity index (χ4v) is 4.32. The lowest BCUT2D eigenvalue weighted by Gasteiger charge is -2.26. The maximum absolute atomic E-state index is 12.4. The van der Waals surface area contributed by atoms with Crippen molar-refractivity contribution in [1.82, 2.24) is 19.9 Å². The van der Waals surface area contributed by atoms with Crippen molar-refractivity contribution in [2.75, 3.05) is 39.5 Å². The number of nitrogens with zero attached hydrogens (tertiary/aromatic N) is 2. The molecule has 1 aliphatic heterocycles. The Morgan fingerprint density at radius 1 is 1.14 bits per heavy atom. The largest absolute Gasteiger partial charge is 0.493 e. The van der Waals surface area contributed by atoms with Gasteiger partial charge >= 0.3 is 0 Å². The highest BCUT2D eigenvalue weighted by molar-refractivity contribution is 7.09. The number of H-pyrrole nitrogens is 2. The highest BCUT2D eigenvalue weighted by Crippen LogP contribution is 2.26. The van der Waals surface area contributed by atoms with Gasteiger partial charge in [-0.2, -0.15) is 0 Å². The SMILES string of the molecule is O=c1[nH]c2cscc2nc1-c1cc2ccc(OCCCN3CCOCC3)cc2[nH]1. The zero-order valence-electron chi connectivity index (χ0n) is 15.9. The molecule has 1 aromatic carbocycles. The number of hydrogen-bond acceptors (Lipinski definition) is 6. The van der Waals surface area contributed by atoms with Crippen molar-refractivity contribution in [3.8, 4) is 17.1 Å². The minimum Gasteiger partial charge on any atom is -0.493 e. The van der Waals surface area contributed by atoms with Gasteiger partial charge in [0.1, 0.15) is 5.75 Å². The fourth-order valence-electron chi connectivity index (χ4n) is 3.63. The number of fused-ring (bicyclic) bond motifs is 2. The minimum atomic E-state index is -0.193. The van der Waals surface area contributed by atoms with Gasteiger partial charge in [-0.05, 0) is 24.6 Å². The maximum atomic E-state index is 12.4. The van der Waals surface area contributed by atoms with Gasteiger partial charge < -0.3 is 19.4 Å². The third-order valence-electron chi connectivity index (χ3n) is 5.18. The maximum Gasteiger partial charge on any atom is 0.276 e. The number of thiophene rings is 1. The summed E-state index contributed by atoms with van der Waals surface area (Å²) in [4.78, 5) is 25.5. The Balaban J connectivity index is 1.29. The zero-order chi connectivity index (χ0) is 19.6. The van der Waals surface area contributed by atoms with Gasteiger partial charge in [0.15, 0.2) is 5.69 Å². The Hall–Kier alpha value is -2.68. The molecule has 4 heterocycles. The van der Waals surface area contributed by atoms with Crippen LogP contribution in [0.1, 0.15) is 6.42 Å². The van der Waals surface area contributed by atoms with E-state index in [1.807, 2.05) is 35.0 Å². The molecule has 29 heavy (non-hydrogen) atoms. The van der Waals surface area contributed by atoms with Crippen molar-refractivity contribution in [1.29, 1.82) is 0 Å². The Labute approximate surface area is 171 Å².